The van der Waals surface area contributed by atoms with E-state index < -0.39 is 44.7 Å². The fraction of sp³-hybridized carbons (Fsp3) is 0.353. The van der Waals surface area contributed by atoms with Gasteiger partial charge in [-0.3, -0.25) is 0 Å². The van der Waals surface area contributed by atoms with Crippen LogP contribution in [0.1, 0.15) is 11.1 Å². The SMILES string of the molecule is O=S(=O)(Cc1c(F)cccc1F)N1CCN(c2ncccc2C(F)(F)F)CC1. The van der Waals surface area contributed by atoms with E-state index in [1.807, 2.05) is 0 Å². The summed E-state index contributed by atoms with van der Waals surface area (Å²) in [5.41, 5.74) is -1.46. The number of nitrogens with zero attached hydrogens (tertiary/aromatic N) is 3. The molecule has 0 N–H and O–H groups in total. The van der Waals surface area contributed by atoms with Crippen molar-refractivity contribution in [2.45, 2.75) is 11.9 Å². The number of piperazine rings is 1. The van der Waals surface area contributed by atoms with Crippen LogP contribution in [0.4, 0.5) is 27.8 Å². The Balaban J connectivity index is 1.74. The second kappa shape index (κ2) is 7.63. The van der Waals surface area contributed by atoms with E-state index in [1.54, 1.807) is 0 Å². The molecule has 0 saturated carbocycles. The number of hydrogen-bond acceptors (Lipinski definition) is 4. The second-order valence-corrected chi connectivity index (χ2v) is 8.18. The molecule has 1 aliphatic heterocycles. The van der Waals surface area contributed by atoms with Gasteiger partial charge in [-0.2, -0.15) is 17.5 Å². The minimum absolute atomic E-state index is 0.0287. The van der Waals surface area contributed by atoms with Crippen LogP contribution < -0.4 is 4.90 Å². The number of anilines is 1. The molecule has 0 aliphatic carbocycles. The van der Waals surface area contributed by atoms with Crippen molar-refractivity contribution >= 4 is 15.8 Å². The lowest BCUT2D eigenvalue weighted by Crippen LogP contribution is -2.49. The van der Waals surface area contributed by atoms with Gasteiger partial charge in [0.25, 0.3) is 0 Å². The van der Waals surface area contributed by atoms with Crippen molar-refractivity contribution < 1.29 is 30.4 Å². The second-order valence-electron chi connectivity index (χ2n) is 6.21. The number of rotatable bonds is 4. The van der Waals surface area contributed by atoms with Gasteiger partial charge in [0.05, 0.1) is 11.3 Å². The number of aromatic nitrogens is 1. The maximum absolute atomic E-state index is 13.7. The number of sulfonamides is 1. The average Bonchev–Trinajstić information content (AvgIpc) is 2.64. The molecule has 0 bridgehead atoms. The Labute approximate surface area is 158 Å². The van der Waals surface area contributed by atoms with Crippen molar-refractivity contribution in [2.75, 3.05) is 31.1 Å². The van der Waals surface area contributed by atoms with Gasteiger partial charge in [-0.05, 0) is 24.3 Å². The zero-order chi connectivity index (χ0) is 20.5. The lowest BCUT2D eigenvalue weighted by Gasteiger charge is -2.35. The monoisotopic (exact) mass is 421 g/mol. The summed E-state index contributed by atoms with van der Waals surface area (Å²) in [6.45, 7) is -0.295. The van der Waals surface area contributed by atoms with E-state index in [2.05, 4.69) is 4.98 Å². The van der Waals surface area contributed by atoms with Gasteiger partial charge in [0.15, 0.2) is 0 Å². The van der Waals surface area contributed by atoms with Crippen LogP contribution in [0.5, 0.6) is 0 Å². The van der Waals surface area contributed by atoms with Crippen LogP contribution in [0, 0.1) is 11.6 Å². The minimum Gasteiger partial charge on any atom is -0.353 e. The van der Waals surface area contributed by atoms with Crippen molar-refractivity contribution in [1.29, 1.82) is 0 Å². The molecule has 0 amide bonds. The molecular weight excluding hydrogens is 405 g/mol. The van der Waals surface area contributed by atoms with Crippen LogP contribution in [0.15, 0.2) is 36.5 Å². The third kappa shape index (κ3) is 4.25. The summed E-state index contributed by atoms with van der Waals surface area (Å²) in [6, 6.07) is 5.14. The molecule has 3 rings (SSSR count). The Morgan fingerprint density at radius 3 is 2.14 bits per heavy atom. The topological polar surface area (TPSA) is 53.5 Å². The summed E-state index contributed by atoms with van der Waals surface area (Å²) in [4.78, 5) is 5.13. The predicted molar refractivity (Wildman–Crippen MR) is 92.0 cm³/mol. The van der Waals surface area contributed by atoms with Gasteiger partial charge in [-0.15, -0.1) is 0 Å². The van der Waals surface area contributed by atoms with Gasteiger partial charge in [0.2, 0.25) is 10.0 Å². The fourth-order valence-electron chi connectivity index (χ4n) is 2.99. The molecule has 2 aromatic rings. The van der Waals surface area contributed by atoms with Crippen molar-refractivity contribution in [1.82, 2.24) is 9.29 Å². The maximum Gasteiger partial charge on any atom is 0.419 e. The van der Waals surface area contributed by atoms with E-state index in [0.29, 0.717) is 0 Å². The van der Waals surface area contributed by atoms with E-state index in [4.69, 9.17) is 0 Å². The zero-order valence-corrected chi connectivity index (χ0v) is 15.3. The standard InChI is InChI=1S/C17H16F5N3O2S/c18-14-4-1-5-15(19)12(14)11-28(26,27)25-9-7-24(8-10-25)16-13(17(20,21)22)3-2-6-23-16/h1-6H,7-11H2. The summed E-state index contributed by atoms with van der Waals surface area (Å²) in [5.74, 6) is -3.06. The summed E-state index contributed by atoms with van der Waals surface area (Å²) in [6.07, 6.45) is -3.36. The molecule has 0 radical (unpaired) electrons. The number of benzene rings is 1. The first-order valence-electron chi connectivity index (χ1n) is 8.27. The molecule has 11 heteroatoms. The van der Waals surface area contributed by atoms with Crippen molar-refractivity contribution in [2.24, 2.45) is 0 Å². The van der Waals surface area contributed by atoms with E-state index >= 15 is 0 Å². The molecule has 28 heavy (non-hydrogen) atoms. The Hall–Kier alpha value is -2.27. The minimum atomic E-state index is -4.59. The van der Waals surface area contributed by atoms with Crippen LogP contribution in [0.3, 0.4) is 0 Å². The molecule has 1 aromatic heterocycles. The zero-order valence-electron chi connectivity index (χ0n) is 14.5. The van der Waals surface area contributed by atoms with Crippen LogP contribution in [0.2, 0.25) is 0 Å². The van der Waals surface area contributed by atoms with Crippen LogP contribution in [-0.2, 0) is 22.0 Å². The maximum atomic E-state index is 13.7. The van der Waals surface area contributed by atoms with Crippen molar-refractivity contribution in [3.63, 3.8) is 0 Å². The summed E-state index contributed by atoms with van der Waals surface area (Å²) in [7, 11) is -4.04. The molecule has 0 spiro atoms. The van der Waals surface area contributed by atoms with Gasteiger partial charge < -0.3 is 4.90 Å². The normalized spacial score (nSPS) is 16.4. The van der Waals surface area contributed by atoms with E-state index in [-0.39, 0.29) is 32.0 Å². The van der Waals surface area contributed by atoms with E-state index in [0.717, 1.165) is 28.6 Å². The van der Waals surface area contributed by atoms with E-state index in [9.17, 15) is 30.4 Å². The molecule has 1 aliphatic rings. The first-order valence-corrected chi connectivity index (χ1v) is 9.88. The van der Waals surface area contributed by atoms with Gasteiger partial charge >= 0.3 is 6.18 Å². The average molecular weight is 421 g/mol. The molecule has 0 atom stereocenters. The first kappa shape index (κ1) is 20.5. The predicted octanol–water partition coefficient (Wildman–Crippen LogP) is 3.03. The van der Waals surface area contributed by atoms with Gasteiger partial charge in [-0.25, -0.2) is 22.2 Å². The number of hydrogen-bond donors (Lipinski definition) is 0. The molecule has 5 nitrogen and oxygen atoms in total. The Kier molecular flexibility index (Phi) is 5.57. The number of pyridine rings is 1. The number of alkyl halides is 3. The highest BCUT2D eigenvalue weighted by molar-refractivity contribution is 7.88. The quantitative estimate of drug-likeness (QED) is 0.713. The fourth-order valence-corrected chi connectivity index (χ4v) is 4.54. The molecule has 1 fully saturated rings. The molecule has 2 heterocycles. The molecule has 0 unspecified atom stereocenters. The van der Waals surface area contributed by atoms with Gasteiger partial charge in [-0.1, -0.05) is 6.07 Å². The van der Waals surface area contributed by atoms with Crippen LogP contribution in [-0.4, -0.2) is 43.9 Å². The lowest BCUT2D eigenvalue weighted by molar-refractivity contribution is -0.137. The van der Waals surface area contributed by atoms with Crippen LogP contribution in [0.25, 0.3) is 0 Å². The Morgan fingerprint density at radius 1 is 0.964 bits per heavy atom. The van der Waals surface area contributed by atoms with Gasteiger partial charge in [0, 0.05) is 37.9 Å². The van der Waals surface area contributed by atoms with Crippen molar-refractivity contribution in [3.8, 4) is 0 Å². The summed E-state index contributed by atoms with van der Waals surface area (Å²) < 4.78 is 92.9. The van der Waals surface area contributed by atoms with E-state index in [1.165, 1.54) is 17.2 Å². The highest BCUT2D eigenvalue weighted by Gasteiger charge is 2.37. The third-order valence-corrected chi connectivity index (χ3v) is 6.22. The molecule has 152 valence electrons. The summed E-state index contributed by atoms with van der Waals surface area (Å²) >= 11 is 0. The summed E-state index contributed by atoms with van der Waals surface area (Å²) in [5, 5.41) is 0. The Morgan fingerprint density at radius 2 is 1.57 bits per heavy atom. The highest BCUT2D eigenvalue weighted by Crippen LogP contribution is 2.35. The third-order valence-electron chi connectivity index (χ3n) is 4.41. The number of halogens is 5. The largest absolute Gasteiger partial charge is 0.419 e. The van der Waals surface area contributed by atoms with Crippen LogP contribution >= 0.6 is 0 Å². The smallest absolute Gasteiger partial charge is 0.353 e. The van der Waals surface area contributed by atoms with Crippen molar-refractivity contribution in [3.05, 3.63) is 59.3 Å². The molecular formula is C17H16F5N3O2S. The van der Waals surface area contributed by atoms with Gasteiger partial charge in [0.1, 0.15) is 17.5 Å². The Bertz CT molecular complexity index is 937. The first-order chi connectivity index (χ1) is 13.1. The highest BCUT2D eigenvalue weighted by atomic mass is 32.2. The lowest BCUT2D eigenvalue weighted by atomic mass is 10.2. The molecule has 1 saturated heterocycles. The molecule has 1 aromatic carbocycles.